The lowest BCUT2D eigenvalue weighted by atomic mass is 10.0. The van der Waals surface area contributed by atoms with Crippen LogP contribution in [0, 0.1) is 5.92 Å². The van der Waals surface area contributed by atoms with Gasteiger partial charge in [0.25, 0.3) is 5.79 Å². The molecular formula is C19H30O15. The maximum Gasteiger partial charge on any atom is 0.263 e. The van der Waals surface area contributed by atoms with E-state index in [9.17, 15) is 50.8 Å². The minimum atomic E-state index is -2.46. The number of carbonyl (C=O) groups is 1. The van der Waals surface area contributed by atoms with Crippen LogP contribution >= 0.6 is 0 Å². The molecule has 15 nitrogen and oxygen atoms in total. The van der Waals surface area contributed by atoms with Crippen LogP contribution in [0.25, 0.3) is 0 Å². The van der Waals surface area contributed by atoms with Crippen LogP contribution in [0.2, 0.25) is 0 Å². The highest BCUT2D eigenvalue weighted by molar-refractivity contribution is 5.97. The fourth-order valence-corrected chi connectivity index (χ4v) is 4.19. The monoisotopic (exact) mass is 498 g/mol. The first-order valence-corrected chi connectivity index (χ1v) is 10.5. The quantitative estimate of drug-likeness (QED) is 0.135. The van der Waals surface area contributed by atoms with Gasteiger partial charge < -0.3 is 70.0 Å². The second-order valence-electron chi connectivity index (χ2n) is 8.42. The topological polar surface area (TPSA) is 256 Å². The van der Waals surface area contributed by atoms with E-state index in [0.29, 0.717) is 0 Å². The Bertz CT molecular complexity index is 775. The van der Waals surface area contributed by atoms with Gasteiger partial charge in [-0.15, -0.1) is 0 Å². The molecule has 0 spiro atoms. The predicted molar refractivity (Wildman–Crippen MR) is 103 cm³/mol. The molecule has 4 unspecified atom stereocenters. The van der Waals surface area contributed by atoms with Crippen LogP contribution in [0.3, 0.4) is 0 Å². The lowest BCUT2D eigenvalue weighted by Gasteiger charge is -2.32. The van der Waals surface area contributed by atoms with Crippen LogP contribution in [-0.2, 0) is 23.7 Å². The van der Waals surface area contributed by atoms with Gasteiger partial charge in [0, 0.05) is 6.42 Å². The van der Waals surface area contributed by atoms with Gasteiger partial charge in [0.05, 0.1) is 31.8 Å². The van der Waals surface area contributed by atoms with Crippen molar-refractivity contribution >= 4 is 5.78 Å². The molecule has 0 saturated carbocycles. The summed E-state index contributed by atoms with van der Waals surface area (Å²) in [5.41, 5.74) is 0. The Labute approximate surface area is 192 Å². The van der Waals surface area contributed by atoms with Crippen LogP contribution in [0.5, 0.6) is 0 Å². The molecule has 0 aromatic rings. The van der Waals surface area contributed by atoms with Crippen molar-refractivity contribution < 1.29 is 74.8 Å². The smallest absolute Gasteiger partial charge is 0.263 e. The standard InChI is InChI=1S/C19H30O15/c20-2-9(25)7-1-8(24)15(12(7)26)34-19(6-23)17(30)14(28)11(33-19)4-31-18(5-22)16(29)13(27)10(3-21)32-18/h7,9-11,13-14,16-17,20-23,25-30H,1-6H2/t7?,9?,10-,11-,13?,14?,16+,17+,18-,19+/m1/s1. The fraction of sp³-hybridized carbons (Fsp3) is 0.842. The Morgan fingerprint density at radius 2 is 1.50 bits per heavy atom. The van der Waals surface area contributed by atoms with E-state index in [4.69, 9.17) is 24.1 Å². The van der Waals surface area contributed by atoms with Crippen LogP contribution in [0.1, 0.15) is 6.42 Å². The van der Waals surface area contributed by atoms with Crippen LogP contribution in [0.15, 0.2) is 11.5 Å². The zero-order valence-electron chi connectivity index (χ0n) is 17.9. The summed E-state index contributed by atoms with van der Waals surface area (Å²) >= 11 is 0. The van der Waals surface area contributed by atoms with E-state index >= 15 is 0 Å². The molecule has 15 heteroatoms. The minimum absolute atomic E-state index is 0.432. The SMILES string of the molecule is O=C1CC(C(O)CO)C(O)=C1O[C@]1(CO)O[C@H](CO[C@]2(CO)O[C@H](CO)C(O)[C@@H]2O)C(O)[C@@H]1O. The number of hydrogen-bond acceptors (Lipinski definition) is 15. The highest BCUT2D eigenvalue weighted by Gasteiger charge is 2.60. The normalized spacial score (nSPS) is 43.7. The molecule has 34 heavy (non-hydrogen) atoms. The molecule has 1 aliphatic carbocycles. The van der Waals surface area contributed by atoms with Crippen LogP contribution in [0.4, 0.5) is 0 Å². The van der Waals surface area contributed by atoms with E-state index in [1.807, 2.05) is 0 Å². The number of Topliss-reactive ketones (excluding diaryl/α,β-unsaturated/α-hetero) is 1. The number of ether oxygens (including phenoxy) is 4. The minimum Gasteiger partial charge on any atom is -0.508 e. The fourth-order valence-electron chi connectivity index (χ4n) is 4.19. The first-order chi connectivity index (χ1) is 16.0. The first-order valence-electron chi connectivity index (χ1n) is 10.5. The molecule has 2 heterocycles. The molecule has 196 valence electrons. The summed E-state index contributed by atoms with van der Waals surface area (Å²) in [6, 6.07) is 0. The van der Waals surface area contributed by atoms with E-state index in [0.717, 1.165) is 0 Å². The molecule has 0 bridgehead atoms. The largest absolute Gasteiger partial charge is 0.508 e. The average Bonchev–Trinajstić information content (AvgIpc) is 3.36. The molecule has 2 saturated heterocycles. The van der Waals surface area contributed by atoms with Gasteiger partial charge in [0.1, 0.15) is 55.6 Å². The van der Waals surface area contributed by atoms with Gasteiger partial charge in [-0.2, -0.15) is 0 Å². The second-order valence-corrected chi connectivity index (χ2v) is 8.42. The number of aliphatic hydroxyl groups is 10. The Kier molecular flexibility index (Phi) is 8.18. The number of ketones is 1. The van der Waals surface area contributed by atoms with Crippen molar-refractivity contribution in [1.82, 2.24) is 0 Å². The lowest BCUT2D eigenvalue weighted by molar-refractivity contribution is -0.298. The summed E-state index contributed by atoms with van der Waals surface area (Å²) in [5, 5.41) is 98.9. The highest BCUT2D eigenvalue weighted by atomic mass is 16.8. The van der Waals surface area contributed by atoms with Gasteiger partial charge in [0.2, 0.25) is 17.3 Å². The third-order valence-corrected chi connectivity index (χ3v) is 6.29. The van der Waals surface area contributed by atoms with Crippen molar-refractivity contribution in [1.29, 1.82) is 0 Å². The average molecular weight is 498 g/mol. The Morgan fingerprint density at radius 1 is 0.941 bits per heavy atom. The van der Waals surface area contributed by atoms with Crippen molar-refractivity contribution in [2.75, 3.05) is 33.0 Å². The van der Waals surface area contributed by atoms with E-state index in [1.54, 1.807) is 0 Å². The van der Waals surface area contributed by atoms with Crippen molar-refractivity contribution in [2.45, 2.75) is 60.7 Å². The highest BCUT2D eigenvalue weighted by Crippen LogP contribution is 2.40. The van der Waals surface area contributed by atoms with E-state index < -0.39 is 117 Å². The number of hydrogen-bond donors (Lipinski definition) is 10. The Morgan fingerprint density at radius 3 is 2.03 bits per heavy atom. The van der Waals surface area contributed by atoms with Gasteiger partial charge >= 0.3 is 0 Å². The van der Waals surface area contributed by atoms with Gasteiger partial charge in [0.15, 0.2) is 0 Å². The van der Waals surface area contributed by atoms with Crippen molar-refractivity contribution in [3.8, 4) is 0 Å². The summed E-state index contributed by atoms with van der Waals surface area (Å²) in [4.78, 5) is 12.3. The van der Waals surface area contributed by atoms with E-state index in [2.05, 4.69) is 0 Å². The molecule has 0 aromatic heterocycles. The first kappa shape index (κ1) is 27.1. The third-order valence-electron chi connectivity index (χ3n) is 6.29. The summed E-state index contributed by atoms with van der Waals surface area (Å²) in [6.07, 6.45) is -11.9. The second kappa shape index (κ2) is 10.3. The van der Waals surface area contributed by atoms with E-state index in [-0.39, 0.29) is 0 Å². The molecule has 0 radical (unpaired) electrons. The Balaban J connectivity index is 1.76. The number of rotatable bonds is 10. The van der Waals surface area contributed by atoms with Gasteiger partial charge in [-0.1, -0.05) is 0 Å². The Hall–Kier alpha value is -1.47. The van der Waals surface area contributed by atoms with Crippen molar-refractivity contribution in [2.24, 2.45) is 5.92 Å². The molecule has 3 rings (SSSR count). The maximum atomic E-state index is 12.3. The van der Waals surface area contributed by atoms with Gasteiger partial charge in [-0.05, 0) is 0 Å². The molecule has 0 amide bonds. The van der Waals surface area contributed by atoms with Gasteiger partial charge in [-0.25, -0.2) is 0 Å². The summed E-state index contributed by atoms with van der Waals surface area (Å²) < 4.78 is 21.3. The summed E-state index contributed by atoms with van der Waals surface area (Å²) in [6.45, 7) is -4.25. The summed E-state index contributed by atoms with van der Waals surface area (Å²) in [7, 11) is 0. The van der Waals surface area contributed by atoms with Crippen molar-refractivity contribution in [3.63, 3.8) is 0 Å². The zero-order valence-corrected chi connectivity index (χ0v) is 17.9. The number of allylic oxidation sites excluding steroid dienone is 1. The molecule has 10 atom stereocenters. The molecule has 0 aromatic carbocycles. The summed E-state index contributed by atoms with van der Waals surface area (Å²) in [5.74, 6) is -8.16. The molecular weight excluding hydrogens is 468 g/mol. The number of aliphatic hydroxyl groups excluding tert-OH is 10. The molecule has 2 aliphatic heterocycles. The van der Waals surface area contributed by atoms with Crippen LogP contribution in [-0.4, -0.2) is 144 Å². The predicted octanol–water partition coefficient (Wildman–Crippen LogP) is -5.66. The number of carbonyl (C=O) groups excluding carboxylic acids is 1. The van der Waals surface area contributed by atoms with Gasteiger partial charge in [-0.3, -0.25) is 4.79 Å². The van der Waals surface area contributed by atoms with E-state index in [1.165, 1.54) is 0 Å². The molecule has 3 aliphatic rings. The van der Waals surface area contributed by atoms with Crippen LogP contribution < -0.4 is 0 Å². The zero-order chi connectivity index (χ0) is 25.4. The lowest BCUT2D eigenvalue weighted by Crippen LogP contribution is -2.50. The molecule has 2 fully saturated rings. The van der Waals surface area contributed by atoms with Crippen molar-refractivity contribution in [3.05, 3.63) is 11.5 Å². The molecule has 10 N–H and O–H groups in total. The maximum absolute atomic E-state index is 12.3. The third kappa shape index (κ3) is 4.43.